The number of thiocarbonyl (C=S) groups is 1. The van der Waals surface area contributed by atoms with Gasteiger partial charge in [0.15, 0.2) is 5.11 Å². The van der Waals surface area contributed by atoms with Crippen LogP contribution in [0.25, 0.3) is 0 Å². The minimum atomic E-state index is -0.324. The monoisotopic (exact) mass is 305 g/mol. The van der Waals surface area contributed by atoms with Gasteiger partial charge in [0.2, 0.25) is 5.91 Å². The summed E-state index contributed by atoms with van der Waals surface area (Å²) < 4.78 is 0. The Labute approximate surface area is 129 Å². The average molecular weight is 305 g/mol. The van der Waals surface area contributed by atoms with Crippen molar-refractivity contribution in [2.45, 2.75) is 39.7 Å². The van der Waals surface area contributed by atoms with Gasteiger partial charge in [-0.25, -0.2) is 0 Å². The van der Waals surface area contributed by atoms with Gasteiger partial charge in [-0.15, -0.1) is 0 Å². The van der Waals surface area contributed by atoms with Crippen LogP contribution in [0.4, 0.5) is 11.4 Å². The van der Waals surface area contributed by atoms with Crippen LogP contribution in [0.1, 0.15) is 32.3 Å². The number of rotatable bonds is 4. The molecule has 1 saturated heterocycles. The summed E-state index contributed by atoms with van der Waals surface area (Å²) in [7, 11) is 0. The van der Waals surface area contributed by atoms with Crippen molar-refractivity contribution in [1.29, 1.82) is 0 Å². The third-order valence-corrected chi connectivity index (χ3v) is 3.73. The molecule has 2 rings (SSSR count). The first-order valence-corrected chi connectivity index (χ1v) is 7.40. The van der Waals surface area contributed by atoms with Crippen LogP contribution in [0.2, 0.25) is 0 Å². The first kappa shape index (κ1) is 15.4. The average Bonchev–Trinajstić information content (AvgIpc) is 2.67. The van der Waals surface area contributed by atoms with Gasteiger partial charge in [-0.3, -0.25) is 14.5 Å². The molecule has 1 heterocycles. The maximum Gasteiger partial charge on any atom is 0.255 e. The summed E-state index contributed by atoms with van der Waals surface area (Å²) in [4.78, 5) is 25.4. The van der Waals surface area contributed by atoms with Crippen molar-refractivity contribution >= 4 is 40.5 Å². The van der Waals surface area contributed by atoms with E-state index >= 15 is 0 Å². The van der Waals surface area contributed by atoms with Crippen LogP contribution in [0.5, 0.6) is 0 Å². The Morgan fingerprint density at radius 1 is 1.48 bits per heavy atom. The zero-order chi connectivity index (χ0) is 15.6. The molecule has 1 aromatic carbocycles. The molecule has 0 aliphatic carbocycles. The smallest absolute Gasteiger partial charge is 0.255 e. The third-order valence-electron chi connectivity index (χ3n) is 3.43. The molecule has 0 unspecified atom stereocenters. The van der Waals surface area contributed by atoms with Gasteiger partial charge >= 0.3 is 0 Å². The third kappa shape index (κ3) is 3.05. The molecule has 2 amide bonds. The Morgan fingerprint density at radius 2 is 2.19 bits per heavy atom. The molecule has 0 bridgehead atoms. The van der Waals surface area contributed by atoms with Gasteiger partial charge in [-0.05, 0) is 50.2 Å². The first-order valence-electron chi connectivity index (χ1n) is 6.99. The highest BCUT2D eigenvalue weighted by atomic mass is 32.1. The maximum absolute atomic E-state index is 12.2. The number of hydrogen-bond donors (Lipinski definition) is 2. The minimum Gasteiger partial charge on any atom is -0.350 e. The molecule has 0 saturated carbocycles. The molecule has 2 N–H and O–H groups in total. The Hall–Kier alpha value is -1.95. The standard InChI is InChI=1S/C15H19N3O2S/c1-4-6-13(19)17-11-7-5-8-12(9(11)2)18-14(20)10(3)16-15(18)21/h5,7-8,10H,4,6H2,1-3H3,(H,16,21)(H,17,19)/t10-/m1/s1. The van der Waals surface area contributed by atoms with Crippen molar-refractivity contribution in [3.05, 3.63) is 23.8 Å². The highest BCUT2D eigenvalue weighted by Crippen LogP contribution is 2.29. The van der Waals surface area contributed by atoms with Gasteiger partial charge in [0.1, 0.15) is 6.04 Å². The lowest BCUT2D eigenvalue weighted by Gasteiger charge is -2.19. The lowest BCUT2D eigenvalue weighted by Crippen LogP contribution is -2.31. The van der Waals surface area contributed by atoms with Gasteiger partial charge in [0, 0.05) is 12.1 Å². The molecule has 1 aliphatic heterocycles. The zero-order valence-corrected chi connectivity index (χ0v) is 13.2. The fraction of sp³-hybridized carbons (Fsp3) is 0.400. The summed E-state index contributed by atoms with van der Waals surface area (Å²) in [6.45, 7) is 5.60. The maximum atomic E-state index is 12.2. The molecule has 1 atom stereocenters. The molecular weight excluding hydrogens is 286 g/mol. The molecule has 21 heavy (non-hydrogen) atoms. The fourth-order valence-electron chi connectivity index (χ4n) is 2.27. The van der Waals surface area contributed by atoms with Gasteiger partial charge in [-0.1, -0.05) is 13.0 Å². The number of benzene rings is 1. The van der Waals surface area contributed by atoms with Crippen molar-refractivity contribution < 1.29 is 9.59 Å². The van der Waals surface area contributed by atoms with E-state index in [-0.39, 0.29) is 17.9 Å². The summed E-state index contributed by atoms with van der Waals surface area (Å²) in [5.41, 5.74) is 2.24. The summed E-state index contributed by atoms with van der Waals surface area (Å²) in [6, 6.07) is 5.14. The number of hydrogen-bond acceptors (Lipinski definition) is 3. The van der Waals surface area contributed by atoms with Gasteiger partial charge in [0.25, 0.3) is 5.91 Å². The normalized spacial score (nSPS) is 17.9. The van der Waals surface area contributed by atoms with E-state index in [1.807, 2.05) is 32.0 Å². The number of amides is 2. The number of carbonyl (C=O) groups is 2. The SMILES string of the molecule is CCCC(=O)Nc1cccc(N2C(=O)[C@@H](C)NC2=S)c1C. The van der Waals surface area contributed by atoms with E-state index in [1.54, 1.807) is 6.92 Å². The summed E-state index contributed by atoms with van der Waals surface area (Å²) in [5, 5.41) is 6.21. The first-order chi connectivity index (χ1) is 9.95. The predicted molar refractivity (Wildman–Crippen MR) is 87.4 cm³/mol. The van der Waals surface area contributed by atoms with Gasteiger partial charge < -0.3 is 10.6 Å². The Balaban J connectivity index is 2.32. The van der Waals surface area contributed by atoms with Crippen LogP contribution in [0.3, 0.4) is 0 Å². The van der Waals surface area contributed by atoms with Crippen LogP contribution in [0.15, 0.2) is 18.2 Å². The lowest BCUT2D eigenvalue weighted by molar-refractivity contribution is -0.118. The topological polar surface area (TPSA) is 61.4 Å². The molecular formula is C15H19N3O2S. The van der Waals surface area contributed by atoms with E-state index in [9.17, 15) is 9.59 Å². The van der Waals surface area contributed by atoms with Crippen LogP contribution in [-0.2, 0) is 9.59 Å². The summed E-state index contributed by atoms with van der Waals surface area (Å²) in [5.74, 6) is -0.111. The lowest BCUT2D eigenvalue weighted by atomic mass is 10.1. The molecule has 1 aromatic rings. The number of carbonyl (C=O) groups excluding carboxylic acids is 2. The van der Waals surface area contributed by atoms with E-state index in [2.05, 4.69) is 10.6 Å². The van der Waals surface area contributed by atoms with Crippen molar-refractivity contribution in [2.75, 3.05) is 10.2 Å². The van der Waals surface area contributed by atoms with Crippen LogP contribution >= 0.6 is 12.2 Å². The highest BCUT2D eigenvalue weighted by molar-refractivity contribution is 7.80. The molecule has 0 spiro atoms. The molecule has 5 nitrogen and oxygen atoms in total. The van der Waals surface area contributed by atoms with Crippen LogP contribution in [-0.4, -0.2) is 23.0 Å². The second-order valence-electron chi connectivity index (χ2n) is 5.09. The van der Waals surface area contributed by atoms with E-state index in [4.69, 9.17) is 12.2 Å². The van der Waals surface area contributed by atoms with E-state index in [0.717, 1.165) is 12.0 Å². The van der Waals surface area contributed by atoms with E-state index in [0.29, 0.717) is 22.9 Å². The van der Waals surface area contributed by atoms with Gasteiger partial charge in [0.05, 0.1) is 5.69 Å². The molecule has 1 fully saturated rings. The predicted octanol–water partition coefficient (Wildman–Crippen LogP) is 2.34. The molecule has 112 valence electrons. The Bertz CT molecular complexity index is 601. The zero-order valence-electron chi connectivity index (χ0n) is 12.4. The minimum absolute atomic E-state index is 0.0282. The molecule has 6 heteroatoms. The number of anilines is 2. The molecule has 0 radical (unpaired) electrons. The van der Waals surface area contributed by atoms with Crippen molar-refractivity contribution in [3.63, 3.8) is 0 Å². The summed E-state index contributed by atoms with van der Waals surface area (Å²) >= 11 is 5.22. The molecule has 1 aliphatic rings. The number of nitrogens with one attached hydrogen (secondary N) is 2. The van der Waals surface area contributed by atoms with Crippen LogP contribution in [0, 0.1) is 6.92 Å². The van der Waals surface area contributed by atoms with Crippen molar-refractivity contribution in [2.24, 2.45) is 0 Å². The highest BCUT2D eigenvalue weighted by Gasteiger charge is 2.34. The Morgan fingerprint density at radius 3 is 2.76 bits per heavy atom. The van der Waals surface area contributed by atoms with E-state index in [1.165, 1.54) is 4.90 Å². The number of nitrogens with zero attached hydrogens (tertiary/aromatic N) is 1. The van der Waals surface area contributed by atoms with Crippen LogP contribution < -0.4 is 15.5 Å². The van der Waals surface area contributed by atoms with E-state index < -0.39 is 0 Å². The summed E-state index contributed by atoms with van der Waals surface area (Å²) in [6.07, 6.45) is 1.27. The van der Waals surface area contributed by atoms with Crippen molar-refractivity contribution in [3.8, 4) is 0 Å². The van der Waals surface area contributed by atoms with Gasteiger partial charge in [-0.2, -0.15) is 0 Å². The largest absolute Gasteiger partial charge is 0.350 e. The second kappa shape index (κ2) is 6.22. The van der Waals surface area contributed by atoms with Crippen molar-refractivity contribution in [1.82, 2.24) is 5.32 Å². The fourth-order valence-corrected chi connectivity index (χ4v) is 2.64. The second-order valence-corrected chi connectivity index (χ2v) is 5.48. The Kier molecular flexibility index (Phi) is 4.57. The molecule has 0 aromatic heterocycles. The quantitative estimate of drug-likeness (QED) is 0.838.